The molecule has 0 saturated carbocycles. The maximum absolute atomic E-state index is 6.99. The average molecular weight is 137 g/mol. The van der Waals surface area contributed by atoms with Crippen LogP contribution in [0.2, 0.25) is 0 Å². The summed E-state index contributed by atoms with van der Waals surface area (Å²) in [6, 6.07) is 0. The highest BCUT2D eigenvalue weighted by Crippen LogP contribution is 2.03. The molecule has 1 atom stereocenters. The SMILES string of the molecule is C/C=C\N1CC=NC1C=N. The minimum atomic E-state index is -0.0591. The van der Waals surface area contributed by atoms with Gasteiger partial charge in [-0.15, -0.1) is 0 Å². The van der Waals surface area contributed by atoms with Gasteiger partial charge in [-0.05, 0) is 13.1 Å². The van der Waals surface area contributed by atoms with Crippen LogP contribution in [0, 0.1) is 5.41 Å². The molecule has 0 radical (unpaired) electrons. The van der Waals surface area contributed by atoms with Crippen molar-refractivity contribution < 1.29 is 0 Å². The van der Waals surface area contributed by atoms with Gasteiger partial charge in [-0.1, -0.05) is 6.08 Å². The summed E-state index contributed by atoms with van der Waals surface area (Å²) in [6.45, 7) is 2.78. The van der Waals surface area contributed by atoms with Gasteiger partial charge in [0.25, 0.3) is 0 Å². The molecular weight excluding hydrogens is 126 g/mol. The molecule has 1 heterocycles. The molecule has 1 rings (SSSR count). The molecule has 1 unspecified atom stereocenters. The summed E-state index contributed by atoms with van der Waals surface area (Å²) in [7, 11) is 0. The maximum Gasteiger partial charge on any atom is 0.156 e. The first-order valence-electron chi connectivity index (χ1n) is 3.29. The minimum Gasteiger partial charge on any atom is -0.347 e. The molecule has 10 heavy (non-hydrogen) atoms. The maximum atomic E-state index is 6.99. The summed E-state index contributed by atoms with van der Waals surface area (Å²) in [5, 5.41) is 6.99. The predicted octanol–water partition coefficient (Wildman–Crippen LogP) is 0.882. The molecule has 0 saturated heterocycles. The van der Waals surface area contributed by atoms with E-state index in [0.29, 0.717) is 0 Å². The second-order valence-electron chi connectivity index (χ2n) is 2.09. The Morgan fingerprint density at radius 3 is 3.20 bits per heavy atom. The Labute approximate surface area is 60.6 Å². The Bertz CT molecular complexity index is 172. The molecule has 3 nitrogen and oxygen atoms in total. The quantitative estimate of drug-likeness (QED) is 0.564. The first-order valence-corrected chi connectivity index (χ1v) is 3.29. The Hall–Kier alpha value is -1.12. The number of allylic oxidation sites excluding steroid dienone is 1. The van der Waals surface area contributed by atoms with Crippen molar-refractivity contribution in [1.82, 2.24) is 4.90 Å². The summed E-state index contributed by atoms with van der Waals surface area (Å²) in [5.41, 5.74) is 0. The molecule has 0 aromatic heterocycles. The summed E-state index contributed by atoms with van der Waals surface area (Å²) in [5.74, 6) is 0. The number of hydrogen-bond donors (Lipinski definition) is 1. The van der Waals surface area contributed by atoms with Crippen molar-refractivity contribution in [3.8, 4) is 0 Å². The molecule has 1 aliphatic heterocycles. The van der Waals surface area contributed by atoms with Crippen LogP contribution in [-0.4, -0.2) is 30.0 Å². The van der Waals surface area contributed by atoms with Gasteiger partial charge in [-0.2, -0.15) is 0 Å². The smallest absolute Gasteiger partial charge is 0.156 e. The number of nitrogens with one attached hydrogen (secondary N) is 1. The average Bonchev–Trinajstić information content (AvgIpc) is 2.36. The normalized spacial score (nSPS) is 24.5. The van der Waals surface area contributed by atoms with Crippen LogP contribution < -0.4 is 0 Å². The van der Waals surface area contributed by atoms with Crippen LogP contribution in [0.4, 0.5) is 0 Å². The van der Waals surface area contributed by atoms with Gasteiger partial charge in [0.15, 0.2) is 6.17 Å². The Balaban J connectivity index is 2.55. The largest absolute Gasteiger partial charge is 0.347 e. The zero-order valence-electron chi connectivity index (χ0n) is 5.99. The lowest BCUT2D eigenvalue weighted by Crippen LogP contribution is -2.25. The Morgan fingerprint density at radius 2 is 2.60 bits per heavy atom. The molecule has 3 heteroatoms. The van der Waals surface area contributed by atoms with E-state index in [2.05, 4.69) is 4.99 Å². The van der Waals surface area contributed by atoms with E-state index in [0.717, 1.165) is 6.54 Å². The van der Waals surface area contributed by atoms with Crippen molar-refractivity contribution in [3.05, 3.63) is 12.3 Å². The van der Waals surface area contributed by atoms with Gasteiger partial charge in [0.2, 0.25) is 0 Å². The van der Waals surface area contributed by atoms with Crippen LogP contribution in [0.1, 0.15) is 6.92 Å². The summed E-state index contributed by atoms with van der Waals surface area (Å²) < 4.78 is 0. The highest BCUT2D eigenvalue weighted by molar-refractivity contribution is 5.71. The molecule has 0 spiro atoms. The van der Waals surface area contributed by atoms with Crippen LogP contribution >= 0.6 is 0 Å². The van der Waals surface area contributed by atoms with Gasteiger partial charge in [-0.25, -0.2) is 0 Å². The lowest BCUT2D eigenvalue weighted by atomic mass is 10.5. The van der Waals surface area contributed by atoms with Gasteiger partial charge < -0.3 is 10.3 Å². The number of rotatable bonds is 2. The number of aliphatic imine (C=N–C) groups is 1. The second-order valence-corrected chi connectivity index (χ2v) is 2.09. The monoisotopic (exact) mass is 137 g/mol. The first kappa shape index (κ1) is 6.99. The summed E-state index contributed by atoms with van der Waals surface area (Å²) in [4.78, 5) is 6.05. The van der Waals surface area contributed by atoms with Gasteiger partial charge in [-0.3, -0.25) is 4.99 Å². The molecule has 0 amide bonds. The van der Waals surface area contributed by atoms with Crippen LogP contribution in [0.3, 0.4) is 0 Å². The van der Waals surface area contributed by atoms with E-state index >= 15 is 0 Å². The molecular formula is C7H11N3. The van der Waals surface area contributed by atoms with E-state index in [1.54, 1.807) is 0 Å². The zero-order valence-corrected chi connectivity index (χ0v) is 5.99. The van der Waals surface area contributed by atoms with Crippen molar-refractivity contribution in [2.45, 2.75) is 13.1 Å². The van der Waals surface area contributed by atoms with Crippen LogP contribution in [0.5, 0.6) is 0 Å². The topological polar surface area (TPSA) is 39.5 Å². The first-order chi connectivity index (χ1) is 4.88. The van der Waals surface area contributed by atoms with Crippen LogP contribution in [0.25, 0.3) is 0 Å². The standard InChI is InChI=1S/C7H11N3/c1-2-4-10-5-3-9-7(10)6-8/h2-4,6-8H,5H2,1H3/b4-2-,8-6?. The summed E-state index contributed by atoms with van der Waals surface area (Å²) in [6.07, 6.45) is 7.00. The molecule has 0 aromatic carbocycles. The van der Waals surface area contributed by atoms with Crippen LogP contribution in [0.15, 0.2) is 17.3 Å². The molecule has 0 aromatic rings. The van der Waals surface area contributed by atoms with Crippen molar-refractivity contribution in [2.75, 3.05) is 6.54 Å². The third-order valence-corrected chi connectivity index (χ3v) is 1.38. The fourth-order valence-corrected chi connectivity index (χ4v) is 0.922. The Kier molecular flexibility index (Phi) is 2.20. The lowest BCUT2D eigenvalue weighted by molar-refractivity contribution is 0.421. The number of nitrogens with zero attached hydrogens (tertiary/aromatic N) is 2. The molecule has 0 bridgehead atoms. The van der Waals surface area contributed by atoms with Crippen molar-refractivity contribution in [1.29, 1.82) is 5.41 Å². The van der Waals surface area contributed by atoms with Gasteiger partial charge in [0, 0.05) is 12.4 Å². The van der Waals surface area contributed by atoms with E-state index in [4.69, 9.17) is 5.41 Å². The van der Waals surface area contributed by atoms with E-state index in [9.17, 15) is 0 Å². The molecule has 1 aliphatic rings. The third-order valence-electron chi connectivity index (χ3n) is 1.38. The molecule has 0 aliphatic carbocycles. The van der Waals surface area contributed by atoms with E-state index < -0.39 is 0 Å². The second kappa shape index (κ2) is 3.15. The highest BCUT2D eigenvalue weighted by atomic mass is 15.3. The number of hydrogen-bond acceptors (Lipinski definition) is 3. The van der Waals surface area contributed by atoms with Gasteiger partial charge in [0.05, 0.1) is 6.54 Å². The van der Waals surface area contributed by atoms with E-state index in [-0.39, 0.29) is 6.17 Å². The van der Waals surface area contributed by atoms with Gasteiger partial charge in [0.1, 0.15) is 0 Å². The lowest BCUT2D eigenvalue weighted by Gasteiger charge is -2.15. The van der Waals surface area contributed by atoms with E-state index in [1.807, 2.05) is 30.3 Å². The minimum absolute atomic E-state index is 0.0591. The molecule has 1 N–H and O–H groups in total. The highest BCUT2D eigenvalue weighted by Gasteiger charge is 2.13. The fourth-order valence-electron chi connectivity index (χ4n) is 0.922. The van der Waals surface area contributed by atoms with Gasteiger partial charge >= 0.3 is 0 Å². The third kappa shape index (κ3) is 1.23. The van der Waals surface area contributed by atoms with Crippen LogP contribution in [-0.2, 0) is 0 Å². The van der Waals surface area contributed by atoms with Crippen molar-refractivity contribution >= 4 is 12.4 Å². The van der Waals surface area contributed by atoms with E-state index in [1.165, 1.54) is 6.21 Å². The molecule has 54 valence electrons. The zero-order chi connectivity index (χ0) is 7.40. The molecule has 0 fully saturated rings. The Morgan fingerprint density at radius 1 is 1.80 bits per heavy atom. The van der Waals surface area contributed by atoms with Crippen molar-refractivity contribution in [2.24, 2.45) is 4.99 Å². The predicted molar refractivity (Wildman–Crippen MR) is 42.6 cm³/mol. The fraction of sp³-hybridized carbons (Fsp3) is 0.429. The summed E-state index contributed by atoms with van der Waals surface area (Å²) >= 11 is 0. The van der Waals surface area contributed by atoms with Crippen molar-refractivity contribution in [3.63, 3.8) is 0 Å².